The fraction of sp³-hybridized carbons (Fsp3) is 0.409. The van der Waals surface area contributed by atoms with Gasteiger partial charge >= 0.3 is 0 Å². The van der Waals surface area contributed by atoms with Crippen LogP contribution in [0, 0.1) is 11.8 Å². The molecule has 5 rings (SSSR count). The highest BCUT2D eigenvalue weighted by atomic mass is 35.5. The minimum atomic E-state index is -0.324. The third-order valence-corrected chi connectivity index (χ3v) is 6.66. The fourth-order valence-electron chi connectivity index (χ4n) is 5.08. The third-order valence-electron chi connectivity index (χ3n) is 6.40. The van der Waals surface area contributed by atoms with Crippen LogP contribution in [0.2, 0.25) is 5.02 Å². The number of rotatable bonds is 2. The molecule has 3 aliphatic rings. The highest BCUT2D eigenvalue weighted by molar-refractivity contribution is 6.30. The molecular formula is C22H22ClN3O3. The van der Waals surface area contributed by atoms with Crippen molar-refractivity contribution in [3.8, 4) is 0 Å². The minimum absolute atomic E-state index is 0.0280. The smallest absolute Gasteiger partial charge is 0.250 e. The number of halogens is 1. The maximum absolute atomic E-state index is 13.2. The number of nitrogens with zero attached hydrogens (tertiary/aromatic N) is 3. The summed E-state index contributed by atoms with van der Waals surface area (Å²) >= 11 is 5.94. The average Bonchev–Trinajstić information content (AvgIpc) is 3.10. The molecule has 0 spiro atoms. The summed E-state index contributed by atoms with van der Waals surface area (Å²) in [5.74, 6) is 0.172. The number of pyridine rings is 1. The molecule has 1 aromatic heterocycles. The van der Waals surface area contributed by atoms with E-state index in [1.165, 1.54) is 0 Å². The largest absolute Gasteiger partial charge is 0.341 e. The van der Waals surface area contributed by atoms with Crippen molar-refractivity contribution in [1.29, 1.82) is 0 Å². The van der Waals surface area contributed by atoms with Crippen molar-refractivity contribution in [2.75, 3.05) is 24.5 Å². The second-order valence-electron chi connectivity index (χ2n) is 8.32. The zero-order valence-corrected chi connectivity index (χ0v) is 16.7. The third kappa shape index (κ3) is 3.25. The van der Waals surface area contributed by atoms with Gasteiger partial charge in [-0.2, -0.15) is 0 Å². The lowest BCUT2D eigenvalue weighted by Gasteiger charge is -2.43. The van der Waals surface area contributed by atoms with Crippen molar-refractivity contribution in [3.05, 3.63) is 63.5 Å². The molecule has 29 heavy (non-hydrogen) atoms. The maximum atomic E-state index is 13.2. The van der Waals surface area contributed by atoms with Crippen LogP contribution in [0.4, 0.5) is 5.69 Å². The molecule has 0 aliphatic carbocycles. The van der Waals surface area contributed by atoms with E-state index in [2.05, 4.69) is 0 Å². The number of carbonyl (C=O) groups is 2. The summed E-state index contributed by atoms with van der Waals surface area (Å²) in [5, 5.41) is 0.618. The van der Waals surface area contributed by atoms with E-state index in [0.29, 0.717) is 31.2 Å². The molecule has 4 heterocycles. The molecule has 3 aliphatic heterocycles. The minimum Gasteiger partial charge on any atom is -0.341 e. The number of hydrogen-bond acceptors (Lipinski definition) is 3. The highest BCUT2D eigenvalue weighted by Gasteiger charge is 2.41. The number of benzene rings is 1. The van der Waals surface area contributed by atoms with Gasteiger partial charge in [-0.05, 0) is 42.7 Å². The molecule has 0 saturated carbocycles. The van der Waals surface area contributed by atoms with E-state index >= 15 is 0 Å². The molecular weight excluding hydrogens is 390 g/mol. The molecule has 3 atom stereocenters. The van der Waals surface area contributed by atoms with E-state index in [4.69, 9.17) is 11.6 Å². The fourth-order valence-corrected chi connectivity index (χ4v) is 5.20. The van der Waals surface area contributed by atoms with Crippen LogP contribution in [0.25, 0.3) is 0 Å². The molecule has 7 heteroatoms. The molecule has 0 N–H and O–H groups in total. The summed E-state index contributed by atoms with van der Waals surface area (Å²) < 4.78 is 1.86. The molecule has 2 amide bonds. The van der Waals surface area contributed by atoms with Crippen molar-refractivity contribution in [1.82, 2.24) is 9.47 Å². The highest BCUT2D eigenvalue weighted by Crippen LogP contribution is 2.36. The van der Waals surface area contributed by atoms with E-state index in [-0.39, 0.29) is 41.5 Å². The van der Waals surface area contributed by atoms with Gasteiger partial charge in [0.15, 0.2) is 0 Å². The van der Waals surface area contributed by atoms with Crippen molar-refractivity contribution < 1.29 is 9.59 Å². The molecule has 1 aromatic carbocycles. The first-order valence-corrected chi connectivity index (χ1v) is 10.4. The Bertz CT molecular complexity index is 1030. The number of fused-ring (bicyclic) bond motifs is 4. The van der Waals surface area contributed by atoms with Crippen LogP contribution in [0.15, 0.2) is 47.3 Å². The Balaban J connectivity index is 1.32. The van der Waals surface area contributed by atoms with Gasteiger partial charge in [0.1, 0.15) is 0 Å². The summed E-state index contributed by atoms with van der Waals surface area (Å²) in [6, 6.07) is 12.5. The number of aromatic nitrogens is 1. The van der Waals surface area contributed by atoms with Crippen molar-refractivity contribution in [2.24, 2.45) is 11.8 Å². The Morgan fingerprint density at radius 3 is 2.55 bits per heavy atom. The van der Waals surface area contributed by atoms with Gasteiger partial charge in [0.2, 0.25) is 11.8 Å². The number of anilines is 1. The molecule has 2 aromatic rings. The standard InChI is InChI=1S/C22H22ClN3O3/c23-17-4-6-18(7-5-17)25-13-16(9-21(25)28)22(29)24-10-14-8-15(12-24)19-2-1-3-20(27)26(19)11-14/h1-7,14-16H,8-13H2/t14-,15+,16?/m1/s1. The van der Waals surface area contributed by atoms with Crippen LogP contribution in [0.5, 0.6) is 0 Å². The van der Waals surface area contributed by atoms with Gasteiger partial charge in [0.25, 0.3) is 5.56 Å². The Labute approximate surface area is 173 Å². The number of piperidine rings is 1. The second kappa shape index (κ2) is 7.02. The van der Waals surface area contributed by atoms with Gasteiger partial charge in [0, 0.05) is 61.0 Å². The first-order chi connectivity index (χ1) is 14.0. The van der Waals surface area contributed by atoms with Crippen molar-refractivity contribution in [3.63, 3.8) is 0 Å². The topological polar surface area (TPSA) is 62.6 Å². The summed E-state index contributed by atoms with van der Waals surface area (Å²) in [4.78, 5) is 41.6. The molecule has 2 saturated heterocycles. The summed E-state index contributed by atoms with van der Waals surface area (Å²) in [6.45, 7) is 2.34. The predicted octanol–water partition coefficient (Wildman–Crippen LogP) is 2.50. The molecule has 150 valence electrons. The van der Waals surface area contributed by atoms with Crippen LogP contribution >= 0.6 is 11.6 Å². The van der Waals surface area contributed by atoms with Gasteiger partial charge in [-0.3, -0.25) is 14.4 Å². The van der Waals surface area contributed by atoms with Gasteiger partial charge in [-0.1, -0.05) is 17.7 Å². The second-order valence-corrected chi connectivity index (χ2v) is 8.76. The summed E-state index contributed by atoms with van der Waals surface area (Å²) in [5.41, 5.74) is 1.84. The lowest BCUT2D eigenvalue weighted by atomic mass is 9.82. The van der Waals surface area contributed by atoms with Crippen LogP contribution in [-0.4, -0.2) is 40.9 Å². The molecule has 2 bridgehead atoms. The van der Waals surface area contributed by atoms with E-state index in [9.17, 15) is 14.4 Å². The van der Waals surface area contributed by atoms with Crippen LogP contribution < -0.4 is 10.5 Å². The zero-order valence-electron chi connectivity index (χ0n) is 16.0. The lowest BCUT2D eigenvalue weighted by molar-refractivity contribution is -0.138. The Morgan fingerprint density at radius 2 is 1.76 bits per heavy atom. The Kier molecular flexibility index (Phi) is 4.46. The molecule has 2 fully saturated rings. The summed E-state index contributed by atoms with van der Waals surface area (Å²) in [7, 11) is 0. The van der Waals surface area contributed by atoms with Crippen LogP contribution in [-0.2, 0) is 16.1 Å². The van der Waals surface area contributed by atoms with Gasteiger partial charge in [-0.25, -0.2) is 0 Å². The number of amides is 2. The Hall–Kier alpha value is -2.60. The molecule has 0 radical (unpaired) electrons. The normalized spacial score (nSPS) is 25.8. The average molecular weight is 412 g/mol. The van der Waals surface area contributed by atoms with E-state index < -0.39 is 0 Å². The first kappa shape index (κ1) is 18.4. The van der Waals surface area contributed by atoms with Crippen molar-refractivity contribution in [2.45, 2.75) is 25.3 Å². The molecule has 6 nitrogen and oxygen atoms in total. The van der Waals surface area contributed by atoms with Gasteiger partial charge in [0.05, 0.1) is 5.92 Å². The monoisotopic (exact) mass is 411 g/mol. The number of likely N-dealkylation sites (tertiary alicyclic amines) is 1. The SMILES string of the molecule is O=C(C1CC(=O)N(c2ccc(Cl)cc2)C1)N1C[C@H]2C[C@@H](C1)c1cccc(=O)n1C2. The van der Waals surface area contributed by atoms with Gasteiger partial charge in [-0.15, -0.1) is 0 Å². The zero-order chi connectivity index (χ0) is 20.1. The van der Waals surface area contributed by atoms with E-state index in [0.717, 1.165) is 17.8 Å². The summed E-state index contributed by atoms with van der Waals surface area (Å²) in [6.07, 6.45) is 1.25. The van der Waals surface area contributed by atoms with Gasteiger partial charge < -0.3 is 14.4 Å². The van der Waals surface area contributed by atoms with E-state index in [1.54, 1.807) is 29.2 Å². The Morgan fingerprint density at radius 1 is 0.966 bits per heavy atom. The first-order valence-electron chi connectivity index (χ1n) is 10.0. The predicted molar refractivity (Wildman–Crippen MR) is 110 cm³/mol. The number of carbonyl (C=O) groups excluding carboxylic acids is 2. The van der Waals surface area contributed by atoms with E-state index in [1.807, 2.05) is 27.7 Å². The van der Waals surface area contributed by atoms with Crippen molar-refractivity contribution >= 4 is 29.1 Å². The lowest BCUT2D eigenvalue weighted by Crippen LogP contribution is -2.50. The van der Waals surface area contributed by atoms with Crippen LogP contribution in [0.1, 0.15) is 24.5 Å². The number of hydrogen-bond donors (Lipinski definition) is 0. The molecule has 1 unspecified atom stereocenters. The maximum Gasteiger partial charge on any atom is 0.250 e. The van der Waals surface area contributed by atoms with Crippen LogP contribution in [0.3, 0.4) is 0 Å². The quantitative estimate of drug-likeness (QED) is 0.762.